The van der Waals surface area contributed by atoms with Crippen molar-refractivity contribution in [2.45, 2.75) is 13.5 Å². The quantitative estimate of drug-likeness (QED) is 0.676. The predicted octanol–water partition coefficient (Wildman–Crippen LogP) is 4.51. The number of urea groups is 1. The molecule has 0 aliphatic rings. The largest absolute Gasteiger partial charge is 0.481 e. The SMILES string of the molecule is COc1ccc(CNC(=O)Nc2ccccc2Oc2cccc(C)c2)cn1. The van der Waals surface area contributed by atoms with Crippen molar-refractivity contribution in [1.82, 2.24) is 10.3 Å². The monoisotopic (exact) mass is 363 g/mol. The highest BCUT2D eigenvalue weighted by atomic mass is 16.5. The summed E-state index contributed by atoms with van der Waals surface area (Å²) in [6.45, 7) is 2.35. The lowest BCUT2D eigenvalue weighted by molar-refractivity contribution is 0.251. The molecular weight excluding hydrogens is 342 g/mol. The molecular formula is C21H21N3O3. The van der Waals surface area contributed by atoms with Gasteiger partial charge in [-0.2, -0.15) is 0 Å². The maximum atomic E-state index is 12.2. The topological polar surface area (TPSA) is 72.5 Å². The molecule has 0 unspecified atom stereocenters. The van der Waals surface area contributed by atoms with Crippen LogP contribution in [0, 0.1) is 6.92 Å². The average Bonchev–Trinajstić information content (AvgIpc) is 2.68. The van der Waals surface area contributed by atoms with Gasteiger partial charge >= 0.3 is 6.03 Å². The molecule has 27 heavy (non-hydrogen) atoms. The Morgan fingerprint density at radius 1 is 1.07 bits per heavy atom. The van der Waals surface area contributed by atoms with Gasteiger partial charge in [0.25, 0.3) is 0 Å². The molecule has 2 aromatic carbocycles. The van der Waals surface area contributed by atoms with E-state index in [0.717, 1.165) is 11.1 Å². The zero-order valence-corrected chi connectivity index (χ0v) is 15.2. The van der Waals surface area contributed by atoms with Gasteiger partial charge in [0, 0.05) is 18.8 Å². The maximum Gasteiger partial charge on any atom is 0.319 e. The summed E-state index contributed by atoms with van der Waals surface area (Å²) < 4.78 is 10.9. The molecule has 138 valence electrons. The van der Waals surface area contributed by atoms with E-state index in [1.54, 1.807) is 25.4 Å². The third-order valence-corrected chi connectivity index (χ3v) is 3.81. The lowest BCUT2D eigenvalue weighted by atomic mass is 10.2. The lowest BCUT2D eigenvalue weighted by Crippen LogP contribution is -2.28. The molecule has 0 aliphatic heterocycles. The minimum atomic E-state index is -0.328. The smallest absolute Gasteiger partial charge is 0.319 e. The number of hydrogen-bond donors (Lipinski definition) is 2. The summed E-state index contributed by atoms with van der Waals surface area (Å²) >= 11 is 0. The first-order valence-electron chi connectivity index (χ1n) is 8.51. The molecule has 2 amide bonds. The van der Waals surface area contributed by atoms with E-state index in [4.69, 9.17) is 9.47 Å². The van der Waals surface area contributed by atoms with E-state index in [1.165, 1.54) is 0 Å². The van der Waals surface area contributed by atoms with Crippen molar-refractivity contribution in [2.24, 2.45) is 0 Å². The van der Waals surface area contributed by atoms with E-state index >= 15 is 0 Å². The molecule has 0 aliphatic carbocycles. The number of nitrogens with one attached hydrogen (secondary N) is 2. The summed E-state index contributed by atoms with van der Waals surface area (Å²) in [4.78, 5) is 16.4. The van der Waals surface area contributed by atoms with Gasteiger partial charge in [-0.15, -0.1) is 0 Å². The fourth-order valence-electron chi connectivity index (χ4n) is 2.45. The van der Waals surface area contributed by atoms with Crippen LogP contribution in [0.25, 0.3) is 0 Å². The number of nitrogens with zero attached hydrogens (tertiary/aromatic N) is 1. The molecule has 0 saturated heterocycles. The van der Waals surface area contributed by atoms with Gasteiger partial charge in [-0.05, 0) is 42.3 Å². The Labute approximate surface area is 158 Å². The Kier molecular flexibility index (Phi) is 5.89. The van der Waals surface area contributed by atoms with Gasteiger partial charge in [0.1, 0.15) is 5.75 Å². The minimum absolute atomic E-state index is 0.328. The van der Waals surface area contributed by atoms with Gasteiger partial charge in [0.2, 0.25) is 5.88 Å². The summed E-state index contributed by atoms with van der Waals surface area (Å²) in [7, 11) is 1.56. The number of aromatic nitrogens is 1. The second-order valence-corrected chi connectivity index (χ2v) is 5.93. The Morgan fingerprint density at radius 2 is 1.93 bits per heavy atom. The van der Waals surface area contributed by atoms with Crippen molar-refractivity contribution in [2.75, 3.05) is 12.4 Å². The molecule has 1 aromatic heterocycles. The third kappa shape index (κ3) is 5.22. The van der Waals surface area contributed by atoms with E-state index in [0.29, 0.717) is 29.6 Å². The number of para-hydroxylation sites is 2. The molecule has 0 radical (unpaired) electrons. The Bertz CT molecular complexity index is 911. The number of aryl methyl sites for hydroxylation is 1. The molecule has 2 N–H and O–H groups in total. The van der Waals surface area contributed by atoms with E-state index in [2.05, 4.69) is 15.6 Å². The molecule has 0 atom stereocenters. The van der Waals surface area contributed by atoms with Gasteiger partial charge in [0.15, 0.2) is 5.75 Å². The van der Waals surface area contributed by atoms with E-state index in [9.17, 15) is 4.79 Å². The van der Waals surface area contributed by atoms with E-state index in [-0.39, 0.29) is 6.03 Å². The Hall–Kier alpha value is -3.54. The molecule has 0 bridgehead atoms. The van der Waals surface area contributed by atoms with Crippen molar-refractivity contribution in [3.05, 3.63) is 78.0 Å². The van der Waals surface area contributed by atoms with Crippen LogP contribution in [0.4, 0.5) is 10.5 Å². The number of rotatable bonds is 6. The van der Waals surface area contributed by atoms with Crippen molar-refractivity contribution in [1.29, 1.82) is 0 Å². The van der Waals surface area contributed by atoms with Crippen LogP contribution in [0.1, 0.15) is 11.1 Å². The van der Waals surface area contributed by atoms with Crippen LogP contribution in [-0.4, -0.2) is 18.1 Å². The summed E-state index contributed by atoms with van der Waals surface area (Å²) in [5.74, 6) is 1.82. The highest BCUT2D eigenvalue weighted by Crippen LogP contribution is 2.29. The standard InChI is InChI=1S/C21H21N3O3/c1-15-6-5-7-17(12-15)27-19-9-4-3-8-18(19)24-21(25)23-14-16-10-11-20(26-2)22-13-16/h3-13H,14H2,1-2H3,(H2,23,24,25). The normalized spacial score (nSPS) is 10.1. The molecule has 0 spiro atoms. The van der Waals surface area contributed by atoms with Crippen LogP contribution in [0.3, 0.4) is 0 Å². The molecule has 6 heteroatoms. The second kappa shape index (κ2) is 8.71. The van der Waals surface area contributed by atoms with Crippen LogP contribution < -0.4 is 20.1 Å². The minimum Gasteiger partial charge on any atom is -0.481 e. The number of amides is 2. The van der Waals surface area contributed by atoms with Crippen LogP contribution in [0.5, 0.6) is 17.4 Å². The van der Waals surface area contributed by atoms with Gasteiger partial charge in [0.05, 0.1) is 12.8 Å². The molecule has 3 rings (SSSR count). The number of anilines is 1. The fourth-order valence-corrected chi connectivity index (χ4v) is 2.45. The fraction of sp³-hybridized carbons (Fsp3) is 0.143. The van der Waals surface area contributed by atoms with Crippen molar-refractivity contribution in [3.8, 4) is 17.4 Å². The summed E-state index contributed by atoms with van der Waals surface area (Å²) in [5, 5.41) is 5.62. The zero-order chi connectivity index (χ0) is 19.1. The van der Waals surface area contributed by atoms with Crippen molar-refractivity contribution in [3.63, 3.8) is 0 Å². The molecule has 0 fully saturated rings. The number of pyridine rings is 1. The first-order valence-corrected chi connectivity index (χ1v) is 8.51. The summed E-state index contributed by atoms with van der Waals surface area (Å²) in [6, 6.07) is 18.3. The van der Waals surface area contributed by atoms with Crippen LogP contribution >= 0.6 is 0 Å². The Balaban J connectivity index is 1.62. The first kappa shape index (κ1) is 18.3. The summed E-state index contributed by atoms with van der Waals surface area (Å²) in [6.07, 6.45) is 1.66. The number of ether oxygens (including phenoxy) is 2. The average molecular weight is 363 g/mol. The Morgan fingerprint density at radius 3 is 2.67 bits per heavy atom. The number of carbonyl (C=O) groups excluding carboxylic acids is 1. The maximum absolute atomic E-state index is 12.2. The first-order chi connectivity index (χ1) is 13.1. The van der Waals surface area contributed by atoms with Crippen LogP contribution in [0.15, 0.2) is 66.9 Å². The molecule has 1 heterocycles. The van der Waals surface area contributed by atoms with Gasteiger partial charge in [-0.25, -0.2) is 9.78 Å². The molecule has 6 nitrogen and oxygen atoms in total. The van der Waals surface area contributed by atoms with Gasteiger partial charge in [-0.3, -0.25) is 0 Å². The van der Waals surface area contributed by atoms with Crippen LogP contribution in [-0.2, 0) is 6.54 Å². The van der Waals surface area contributed by atoms with E-state index in [1.807, 2.05) is 55.5 Å². The van der Waals surface area contributed by atoms with Crippen molar-refractivity contribution < 1.29 is 14.3 Å². The lowest BCUT2D eigenvalue weighted by Gasteiger charge is -2.13. The van der Waals surface area contributed by atoms with Gasteiger partial charge < -0.3 is 20.1 Å². The van der Waals surface area contributed by atoms with Crippen molar-refractivity contribution >= 4 is 11.7 Å². The zero-order valence-electron chi connectivity index (χ0n) is 15.2. The number of benzene rings is 2. The van der Waals surface area contributed by atoms with Gasteiger partial charge in [-0.1, -0.05) is 30.3 Å². The molecule has 3 aromatic rings. The number of carbonyl (C=O) groups is 1. The highest BCUT2D eigenvalue weighted by Gasteiger charge is 2.08. The second-order valence-electron chi connectivity index (χ2n) is 5.93. The van der Waals surface area contributed by atoms with Crippen LogP contribution in [0.2, 0.25) is 0 Å². The number of methoxy groups -OCH3 is 1. The highest BCUT2D eigenvalue weighted by molar-refractivity contribution is 5.90. The molecule has 0 saturated carbocycles. The number of hydrogen-bond acceptors (Lipinski definition) is 4. The third-order valence-electron chi connectivity index (χ3n) is 3.81. The predicted molar refractivity (Wildman–Crippen MR) is 104 cm³/mol. The summed E-state index contributed by atoms with van der Waals surface area (Å²) in [5.41, 5.74) is 2.56. The van der Waals surface area contributed by atoms with E-state index < -0.39 is 0 Å².